The second kappa shape index (κ2) is 6.02. The molecule has 2 aromatic rings. The summed E-state index contributed by atoms with van der Waals surface area (Å²) in [6.07, 6.45) is 6.03. The minimum atomic E-state index is 0.178. The molecule has 22 heavy (non-hydrogen) atoms. The third kappa shape index (κ3) is 2.66. The second-order valence-corrected chi connectivity index (χ2v) is 7.14. The van der Waals surface area contributed by atoms with Gasteiger partial charge in [-0.15, -0.1) is 15.3 Å². The van der Waals surface area contributed by atoms with Crippen molar-refractivity contribution in [3.8, 4) is 0 Å². The average Bonchev–Trinajstić information content (AvgIpc) is 3.17. The summed E-state index contributed by atoms with van der Waals surface area (Å²) in [6.45, 7) is 2.41. The standard InChI is InChI=1S/C14H20N6OS/c1-21-12-6-15-5-10(12)11-7-20(19-16-11)8-13-17-18-14(22-13)9-3-2-4-9/h7,9-10,12,15H,2-6,8H2,1H3/t10-,12+/m0/s1. The lowest BCUT2D eigenvalue weighted by molar-refractivity contribution is 0.104. The van der Waals surface area contributed by atoms with Crippen LogP contribution < -0.4 is 5.32 Å². The lowest BCUT2D eigenvalue weighted by Crippen LogP contribution is -2.19. The van der Waals surface area contributed by atoms with Crippen molar-refractivity contribution >= 4 is 11.3 Å². The van der Waals surface area contributed by atoms with Crippen molar-refractivity contribution in [2.45, 2.75) is 43.7 Å². The van der Waals surface area contributed by atoms with Gasteiger partial charge >= 0.3 is 0 Å². The summed E-state index contributed by atoms with van der Waals surface area (Å²) >= 11 is 1.71. The van der Waals surface area contributed by atoms with Crippen LogP contribution >= 0.6 is 11.3 Å². The smallest absolute Gasteiger partial charge is 0.139 e. The monoisotopic (exact) mass is 320 g/mol. The fourth-order valence-corrected chi connectivity index (χ4v) is 4.05. The topological polar surface area (TPSA) is 77.8 Å². The number of hydrogen-bond donors (Lipinski definition) is 1. The molecule has 1 aliphatic carbocycles. The highest BCUT2D eigenvalue weighted by Gasteiger charge is 2.30. The van der Waals surface area contributed by atoms with Crippen LogP contribution in [0.25, 0.3) is 0 Å². The van der Waals surface area contributed by atoms with Crippen molar-refractivity contribution < 1.29 is 4.74 Å². The molecular weight excluding hydrogens is 300 g/mol. The summed E-state index contributed by atoms with van der Waals surface area (Å²) in [6, 6.07) is 0. The van der Waals surface area contributed by atoms with Crippen LogP contribution in [0.5, 0.6) is 0 Å². The zero-order valence-electron chi connectivity index (χ0n) is 12.6. The first kappa shape index (κ1) is 14.2. The van der Waals surface area contributed by atoms with E-state index in [9.17, 15) is 0 Å². The summed E-state index contributed by atoms with van der Waals surface area (Å²) in [5.41, 5.74) is 0.987. The zero-order valence-corrected chi connectivity index (χ0v) is 13.4. The molecule has 2 aliphatic rings. The summed E-state index contributed by atoms with van der Waals surface area (Å²) in [5.74, 6) is 0.920. The maximum Gasteiger partial charge on any atom is 0.139 e. The number of ether oxygens (including phenoxy) is 1. The van der Waals surface area contributed by atoms with E-state index in [4.69, 9.17) is 4.74 Å². The molecule has 1 saturated carbocycles. The van der Waals surface area contributed by atoms with Crippen LogP contribution in [-0.4, -0.2) is 51.5 Å². The maximum atomic E-state index is 5.49. The predicted molar refractivity (Wildman–Crippen MR) is 82.0 cm³/mol. The van der Waals surface area contributed by atoms with Crippen molar-refractivity contribution in [2.75, 3.05) is 20.2 Å². The molecule has 1 aliphatic heterocycles. The molecule has 2 fully saturated rings. The van der Waals surface area contributed by atoms with Crippen molar-refractivity contribution in [1.29, 1.82) is 0 Å². The Balaban J connectivity index is 1.44. The fraction of sp³-hybridized carbons (Fsp3) is 0.714. The van der Waals surface area contributed by atoms with Gasteiger partial charge < -0.3 is 10.1 Å². The van der Waals surface area contributed by atoms with Crippen LogP contribution in [0.15, 0.2) is 6.20 Å². The van der Waals surface area contributed by atoms with Gasteiger partial charge in [0.25, 0.3) is 0 Å². The van der Waals surface area contributed by atoms with E-state index in [1.165, 1.54) is 24.3 Å². The molecule has 0 aromatic carbocycles. The molecule has 0 unspecified atom stereocenters. The average molecular weight is 320 g/mol. The molecule has 7 nitrogen and oxygen atoms in total. The second-order valence-electron chi connectivity index (χ2n) is 6.04. The molecule has 0 spiro atoms. The van der Waals surface area contributed by atoms with E-state index in [1.54, 1.807) is 18.4 Å². The van der Waals surface area contributed by atoms with Crippen LogP contribution in [0.1, 0.15) is 46.8 Å². The zero-order chi connectivity index (χ0) is 14.9. The lowest BCUT2D eigenvalue weighted by Gasteiger charge is -2.21. The number of hydrogen-bond acceptors (Lipinski definition) is 7. The SMILES string of the molecule is CO[C@@H]1CNC[C@H]1c1cn(Cc2nnc(C3CCC3)s2)nn1. The molecular formula is C14H20N6OS. The van der Waals surface area contributed by atoms with Crippen molar-refractivity contribution in [3.63, 3.8) is 0 Å². The summed E-state index contributed by atoms with van der Waals surface area (Å²) < 4.78 is 7.35. The molecule has 2 aromatic heterocycles. The van der Waals surface area contributed by atoms with E-state index in [-0.39, 0.29) is 12.0 Å². The number of methoxy groups -OCH3 is 1. The number of nitrogens with one attached hydrogen (secondary N) is 1. The quantitative estimate of drug-likeness (QED) is 0.890. The Morgan fingerprint density at radius 3 is 3.00 bits per heavy atom. The number of nitrogens with zero attached hydrogens (tertiary/aromatic N) is 5. The summed E-state index contributed by atoms with van der Waals surface area (Å²) in [5, 5.41) is 22.7. The molecule has 1 N–H and O–H groups in total. The number of rotatable bonds is 5. The maximum absolute atomic E-state index is 5.49. The molecule has 8 heteroatoms. The minimum absolute atomic E-state index is 0.178. The van der Waals surface area contributed by atoms with Crippen LogP contribution in [0, 0.1) is 0 Å². The first-order chi connectivity index (χ1) is 10.8. The van der Waals surface area contributed by atoms with Crippen LogP contribution in [0.4, 0.5) is 0 Å². The van der Waals surface area contributed by atoms with Gasteiger partial charge in [0.2, 0.25) is 0 Å². The Morgan fingerprint density at radius 1 is 1.32 bits per heavy atom. The molecule has 118 valence electrons. The molecule has 1 saturated heterocycles. The molecule has 0 radical (unpaired) electrons. The van der Waals surface area contributed by atoms with Crippen molar-refractivity contribution in [1.82, 2.24) is 30.5 Å². The van der Waals surface area contributed by atoms with E-state index < -0.39 is 0 Å². The summed E-state index contributed by atoms with van der Waals surface area (Å²) in [4.78, 5) is 0. The van der Waals surface area contributed by atoms with Crippen LogP contribution in [0.3, 0.4) is 0 Å². The van der Waals surface area contributed by atoms with E-state index in [0.717, 1.165) is 23.8 Å². The highest BCUT2D eigenvalue weighted by atomic mass is 32.1. The fourth-order valence-electron chi connectivity index (χ4n) is 3.05. The van der Waals surface area contributed by atoms with Gasteiger partial charge in [0.1, 0.15) is 10.0 Å². The van der Waals surface area contributed by atoms with Gasteiger partial charge in [-0.05, 0) is 12.8 Å². The van der Waals surface area contributed by atoms with Gasteiger partial charge in [-0.3, -0.25) is 0 Å². The van der Waals surface area contributed by atoms with Gasteiger partial charge in [0, 0.05) is 38.2 Å². The van der Waals surface area contributed by atoms with Crippen molar-refractivity contribution in [2.24, 2.45) is 0 Å². The predicted octanol–water partition coefficient (Wildman–Crippen LogP) is 1.15. The highest BCUT2D eigenvalue weighted by Crippen LogP contribution is 2.37. The molecule has 0 amide bonds. The number of aromatic nitrogens is 5. The normalized spacial score (nSPS) is 25.5. The first-order valence-corrected chi connectivity index (χ1v) is 8.61. The molecule has 3 heterocycles. The molecule has 2 atom stereocenters. The van der Waals surface area contributed by atoms with Gasteiger partial charge in [-0.25, -0.2) is 4.68 Å². The highest BCUT2D eigenvalue weighted by molar-refractivity contribution is 7.11. The Bertz CT molecular complexity index is 637. The Kier molecular flexibility index (Phi) is 3.89. The van der Waals surface area contributed by atoms with E-state index in [2.05, 4.69) is 25.8 Å². The Hall–Kier alpha value is -1.38. The largest absolute Gasteiger partial charge is 0.379 e. The van der Waals surface area contributed by atoms with E-state index >= 15 is 0 Å². The van der Waals surface area contributed by atoms with Crippen LogP contribution in [-0.2, 0) is 11.3 Å². The summed E-state index contributed by atoms with van der Waals surface area (Å²) in [7, 11) is 1.75. The third-order valence-electron chi connectivity index (χ3n) is 4.63. The first-order valence-electron chi connectivity index (χ1n) is 7.79. The third-order valence-corrected chi connectivity index (χ3v) is 5.70. The van der Waals surface area contributed by atoms with Gasteiger partial charge in [0.15, 0.2) is 0 Å². The van der Waals surface area contributed by atoms with Crippen molar-refractivity contribution in [3.05, 3.63) is 21.9 Å². The van der Waals surface area contributed by atoms with E-state index in [1.807, 2.05) is 10.9 Å². The van der Waals surface area contributed by atoms with Gasteiger partial charge in [-0.1, -0.05) is 23.0 Å². The Labute approximate surface area is 133 Å². The Morgan fingerprint density at radius 2 is 2.23 bits per heavy atom. The lowest BCUT2D eigenvalue weighted by atomic mass is 9.86. The molecule has 0 bridgehead atoms. The minimum Gasteiger partial charge on any atom is -0.379 e. The van der Waals surface area contributed by atoms with E-state index in [0.29, 0.717) is 12.5 Å². The van der Waals surface area contributed by atoms with Gasteiger partial charge in [-0.2, -0.15) is 0 Å². The molecule has 4 rings (SSSR count). The van der Waals surface area contributed by atoms with Crippen LogP contribution in [0.2, 0.25) is 0 Å². The van der Waals surface area contributed by atoms with Gasteiger partial charge in [0.05, 0.1) is 18.3 Å².